The van der Waals surface area contributed by atoms with Crippen LogP contribution in [0.4, 0.5) is 0 Å². The number of amides is 1. The number of methoxy groups -OCH3 is 1. The Balaban J connectivity index is 2.07. The minimum Gasteiger partial charge on any atom is -0.496 e. The van der Waals surface area contributed by atoms with Gasteiger partial charge in [0.2, 0.25) is 5.91 Å². The van der Waals surface area contributed by atoms with Crippen molar-refractivity contribution in [2.24, 2.45) is 0 Å². The van der Waals surface area contributed by atoms with Crippen molar-refractivity contribution in [3.05, 3.63) is 29.8 Å². The zero-order chi connectivity index (χ0) is 14.4. The fraction of sp³-hybridized carbons (Fsp3) is 0.533. The fourth-order valence-electron chi connectivity index (χ4n) is 2.44. The largest absolute Gasteiger partial charge is 0.496 e. The van der Waals surface area contributed by atoms with Crippen molar-refractivity contribution in [3.8, 4) is 5.75 Å². The molecule has 1 aromatic rings. The number of hydrogen-bond donors (Lipinski definition) is 1. The molecule has 0 aromatic heterocycles. The third kappa shape index (κ3) is 3.29. The molecule has 1 aliphatic heterocycles. The third-order valence-corrected chi connectivity index (χ3v) is 3.40. The van der Waals surface area contributed by atoms with Crippen molar-refractivity contribution in [1.82, 2.24) is 10.2 Å². The van der Waals surface area contributed by atoms with E-state index < -0.39 is 0 Å². The summed E-state index contributed by atoms with van der Waals surface area (Å²) in [5.74, 6) is 0.923. The van der Waals surface area contributed by atoms with Gasteiger partial charge in [0.15, 0.2) is 0 Å². The van der Waals surface area contributed by atoms with Gasteiger partial charge in [-0.2, -0.15) is 0 Å². The molecule has 0 aliphatic carbocycles. The van der Waals surface area contributed by atoms with Gasteiger partial charge in [0.05, 0.1) is 13.7 Å². The van der Waals surface area contributed by atoms with Gasteiger partial charge in [-0.15, -0.1) is 0 Å². The van der Waals surface area contributed by atoms with Crippen molar-refractivity contribution < 1.29 is 14.3 Å². The predicted molar refractivity (Wildman–Crippen MR) is 76.6 cm³/mol. The minimum atomic E-state index is -0.111. The molecule has 110 valence electrons. The highest BCUT2D eigenvalue weighted by Gasteiger charge is 2.32. The normalized spacial score (nSPS) is 18.6. The van der Waals surface area contributed by atoms with Crippen LogP contribution in [0.1, 0.15) is 25.1 Å². The lowest BCUT2D eigenvalue weighted by Crippen LogP contribution is -2.32. The van der Waals surface area contributed by atoms with Crippen LogP contribution in [0, 0.1) is 0 Å². The van der Waals surface area contributed by atoms with Gasteiger partial charge in [-0.05, 0) is 19.4 Å². The molecule has 1 amide bonds. The SMILES string of the molecule is CCOCCCN1C(=O)CNC1c1ccccc1OC. The Bertz CT molecular complexity index is 450. The van der Waals surface area contributed by atoms with Gasteiger partial charge in [-0.1, -0.05) is 18.2 Å². The molecule has 5 heteroatoms. The molecule has 0 saturated carbocycles. The Labute approximate surface area is 119 Å². The summed E-state index contributed by atoms with van der Waals surface area (Å²) in [5.41, 5.74) is 0.997. The van der Waals surface area contributed by atoms with Gasteiger partial charge in [0.1, 0.15) is 11.9 Å². The quantitative estimate of drug-likeness (QED) is 0.769. The summed E-state index contributed by atoms with van der Waals surface area (Å²) in [4.78, 5) is 13.9. The minimum absolute atomic E-state index is 0.111. The number of rotatable bonds is 7. The summed E-state index contributed by atoms with van der Waals surface area (Å²) in [6.07, 6.45) is 0.729. The second kappa shape index (κ2) is 7.26. The molecule has 2 rings (SSSR count). The van der Waals surface area contributed by atoms with E-state index in [4.69, 9.17) is 9.47 Å². The lowest BCUT2D eigenvalue weighted by atomic mass is 10.1. The summed E-state index contributed by atoms with van der Waals surface area (Å²) in [6, 6.07) is 7.79. The van der Waals surface area contributed by atoms with Crippen LogP contribution in [0.2, 0.25) is 0 Å². The molecule has 5 nitrogen and oxygen atoms in total. The number of ether oxygens (including phenoxy) is 2. The highest BCUT2D eigenvalue weighted by Crippen LogP contribution is 2.29. The third-order valence-electron chi connectivity index (χ3n) is 3.40. The maximum Gasteiger partial charge on any atom is 0.238 e. The molecule has 1 heterocycles. The first kappa shape index (κ1) is 14.8. The van der Waals surface area contributed by atoms with Crippen LogP contribution < -0.4 is 10.1 Å². The second-order valence-corrected chi connectivity index (χ2v) is 4.66. The van der Waals surface area contributed by atoms with Gasteiger partial charge in [-0.25, -0.2) is 0 Å². The van der Waals surface area contributed by atoms with E-state index in [1.165, 1.54) is 0 Å². The summed E-state index contributed by atoms with van der Waals surface area (Å²) < 4.78 is 10.7. The molecule has 0 bridgehead atoms. The Kier molecular flexibility index (Phi) is 5.38. The molecule has 1 atom stereocenters. The van der Waals surface area contributed by atoms with E-state index in [1.807, 2.05) is 36.1 Å². The van der Waals surface area contributed by atoms with Crippen LogP contribution in [0.3, 0.4) is 0 Å². The van der Waals surface area contributed by atoms with Crippen LogP contribution in [0.5, 0.6) is 5.75 Å². The lowest BCUT2D eigenvalue weighted by Gasteiger charge is -2.25. The van der Waals surface area contributed by atoms with Gasteiger partial charge >= 0.3 is 0 Å². The second-order valence-electron chi connectivity index (χ2n) is 4.66. The fourth-order valence-corrected chi connectivity index (χ4v) is 2.44. The van der Waals surface area contributed by atoms with E-state index in [-0.39, 0.29) is 12.1 Å². The first-order valence-corrected chi connectivity index (χ1v) is 7.01. The predicted octanol–water partition coefficient (Wildman–Crippen LogP) is 1.55. The van der Waals surface area contributed by atoms with E-state index in [0.29, 0.717) is 26.3 Å². The van der Waals surface area contributed by atoms with Crippen molar-refractivity contribution in [2.45, 2.75) is 19.5 Å². The summed E-state index contributed by atoms with van der Waals surface area (Å²) in [6.45, 7) is 4.42. The highest BCUT2D eigenvalue weighted by atomic mass is 16.5. The van der Waals surface area contributed by atoms with Crippen molar-refractivity contribution in [3.63, 3.8) is 0 Å². The molecule has 1 aromatic carbocycles. The summed E-state index contributed by atoms with van der Waals surface area (Å²) in [7, 11) is 1.65. The smallest absolute Gasteiger partial charge is 0.238 e. The van der Waals surface area contributed by atoms with Gasteiger partial charge in [0, 0.05) is 25.3 Å². The van der Waals surface area contributed by atoms with Crippen LogP contribution in [0.25, 0.3) is 0 Å². The molecular formula is C15H22N2O3. The molecule has 20 heavy (non-hydrogen) atoms. The molecule has 1 aliphatic rings. The first-order chi connectivity index (χ1) is 9.77. The molecule has 1 fully saturated rings. The van der Waals surface area contributed by atoms with Gasteiger partial charge in [0.25, 0.3) is 0 Å². The van der Waals surface area contributed by atoms with E-state index in [0.717, 1.165) is 17.7 Å². The Hall–Kier alpha value is -1.59. The molecule has 1 unspecified atom stereocenters. The van der Waals surface area contributed by atoms with Crippen LogP contribution in [0.15, 0.2) is 24.3 Å². The molecular weight excluding hydrogens is 256 g/mol. The van der Waals surface area contributed by atoms with Crippen molar-refractivity contribution in [1.29, 1.82) is 0 Å². The standard InChI is InChI=1S/C15H22N2O3/c1-3-20-10-6-9-17-14(18)11-16-15(17)12-7-4-5-8-13(12)19-2/h4-5,7-8,15-16H,3,6,9-11H2,1-2H3. The number of nitrogens with zero attached hydrogens (tertiary/aromatic N) is 1. The zero-order valence-corrected chi connectivity index (χ0v) is 12.1. The van der Waals surface area contributed by atoms with Crippen LogP contribution >= 0.6 is 0 Å². The molecule has 0 spiro atoms. The maximum atomic E-state index is 12.0. The number of nitrogens with one attached hydrogen (secondary N) is 1. The number of carbonyl (C=O) groups is 1. The lowest BCUT2D eigenvalue weighted by molar-refractivity contribution is -0.128. The highest BCUT2D eigenvalue weighted by molar-refractivity contribution is 5.81. The van der Waals surface area contributed by atoms with E-state index in [9.17, 15) is 4.79 Å². The monoisotopic (exact) mass is 278 g/mol. The number of benzene rings is 1. The van der Waals surface area contributed by atoms with E-state index >= 15 is 0 Å². The van der Waals surface area contributed by atoms with E-state index in [2.05, 4.69) is 5.32 Å². The average Bonchev–Trinajstić information content (AvgIpc) is 2.84. The van der Waals surface area contributed by atoms with Crippen molar-refractivity contribution in [2.75, 3.05) is 33.4 Å². The number of carbonyl (C=O) groups excluding carboxylic acids is 1. The Morgan fingerprint density at radius 1 is 1.40 bits per heavy atom. The summed E-state index contributed by atoms with van der Waals surface area (Å²) >= 11 is 0. The van der Waals surface area contributed by atoms with Crippen LogP contribution in [-0.4, -0.2) is 44.2 Å². The first-order valence-electron chi connectivity index (χ1n) is 7.01. The average molecular weight is 278 g/mol. The molecule has 1 N–H and O–H groups in total. The summed E-state index contributed by atoms with van der Waals surface area (Å²) in [5, 5.41) is 3.24. The Morgan fingerprint density at radius 3 is 2.95 bits per heavy atom. The van der Waals surface area contributed by atoms with E-state index in [1.54, 1.807) is 7.11 Å². The zero-order valence-electron chi connectivity index (χ0n) is 12.1. The Morgan fingerprint density at radius 2 is 2.20 bits per heavy atom. The van der Waals surface area contributed by atoms with Gasteiger partial charge in [-0.3, -0.25) is 10.1 Å². The number of para-hydroxylation sites is 1. The molecule has 0 radical (unpaired) electrons. The topological polar surface area (TPSA) is 50.8 Å². The van der Waals surface area contributed by atoms with Crippen LogP contribution in [-0.2, 0) is 9.53 Å². The maximum absolute atomic E-state index is 12.0. The van der Waals surface area contributed by atoms with Gasteiger partial charge < -0.3 is 14.4 Å². The van der Waals surface area contributed by atoms with Crippen molar-refractivity contribution >= 4 is 5.91 Å². The number of hydrogen-bond acceptors (Lipinski definition) is 4. The molecule has 1 saturated heterocycles.